The molecule has 9 nitrogen and oxygen atoms in total. The van der Waals surface area contributed by atoms with Crippen molar-refractivity contribution in [3.05, 3.63) is 65.5 Å². The second-order valence-electron chi connectivity index (χ2n) is 8.33. The lowest BCUT2D eigenvalue weighted by Crippen LogP contribution is -2.39. The monoisotopic (exact) mass is 430 g/mol. The Kier molecular flexibility index (Phi) is 4.80. The Bertz CT molecular complexity index is 1220. The average molecular weight is 430 g/mol. The van der Waals surface area contributed by atoms with Crippen molar-refractivity contribution in [3.63, 3.8) is 0 Å². The molecule has 0 unspecified atom stereocenters. The number of benzene rings is 2. The van der Waals surface area contributed by atoms with Gasteiger partial charge in [-0.25, -0.2) is 4.90 Å². The van der Waals surface area contributed by atoms with Gasteiger partial charge in [-0.15, -0.1) is 0 Å². The fourth-order valence-electron chi connectivity index (χ4n) is 3.98. The number of hydrogen-bond donors (Lipinski definition) is 0. The molecule has 9 heteroatoms. The van der Waals surface area contributed by atoms with Crippen LogP contribution in [0.25, 0.3) is 11.4 Å². The topological polar surface area (TPSA) is 104 Å². The van der Waals surface area contributed by atoms with Crippen LogP contribution in [0, 0.1) is 6.92 Å². The van der Waals surface area contributed by atoms with Crippen molar-refractivity contribution < 1.29 is 14.1 Å². The van der Waals surface area contributed by atoms with Crippen LogP contribution < -0.4 is 4.90 Å². The average Bonchev–Trinajstić information content (AvgIpc) is 3.47. The Morgan fingerprint density at radius 3 is 2.56 bits per heavy atom. The number of carbonyl (C=O) groups excluding carboxylic acids is 2. The summed E-state index contributed by atoms with van der Waals surface area (Å²) in [5, 5.41) is 13.6. The molecule has 32 heavy (non-hydrogen) atoms. The van der Waals surface area contributed by atoms with Crippen LogP contribution in [0.2, 0.25) is 0 Å². The SMILES string of the molecule is Cc1cccc(-c2noc(CN3N=N[C@@H]4C(=O)N(c5ccc(C(C)C)cc5)C(=O)[C@@H]43)n2)c1. The van der Waals surface area contributed by atoms with Crippen LogP contribution in [-0.4, -0.2) is 39.0 Å². The molecular weight excluding hydrogens is 408 g/mol. The first-order valence-electron chi connectivity index (χ1n) is 10.5. The zero-order chi connectivity index (χ0) is 22.4. The highest BCUT2D eigenvalue weighted by molar-refractivity contribution is 6.25. The van der Waals surface area contributed by atoms with Crippen molar-refractivity contribution in [3.8, 4) is 11.4 Å². The lowest BCUT2D eigenvalue weighted by molar-refractivity contribution is -0.123. The van der Waals surface area contributed by atoms with Crippen molar-refractivity contribution in [2.45, 2.75) is 45.3 Å². The van der Waals surface area contributed by atoms with Crippen LogP contribution in [0.4, 0.5) is 5.69 Å². The fraction of sp³-hybridized carbons (Fsp3) is 0.304. The van der Waals surface area contributed by atoms with Gasteiger partial charge in [0.2, 0.25) is 11.7 Å². The normalized spacial score (nSPS) is 20.0. The largest absolute Gasteiger partial charge is 0.337 e. The quantitative estimate of drug-likeness (QED) is 0.572. The lowest BCUT2D eigenvalue weighted by atomic mass is 10.0. The Hall–Kier alpha value is -3.88. The van der Waals surface area contributed by atoms with Gasteiger partial charge in [0.25, 0.3) is 11.8 Å². The molecular formula is C23H22N6O3. The Labute approximate surface area is 184 Å². The van der Waals surface area contributed by atoms with E-state index in [0.717, 1.165) is 16.7 Å². The lowest BCUT2D eigenvalue weighted by Gasteiger charge is -2.19. The first-order chi connectivity index (χ1) is 15.4. The highest BCUT2D eigenvalue weighted by Gasteiger charge is 2.55. The van der Waals surface area contributed by atoms with E-state index in [1.54, 1.807) is 12.1 Å². The van der Waals surface area contributed by atoms with Gasteiger partial charge in [-0.3, -0.25) is 14.6 Å². The molecule has 0 radical (unpaired) electrons. The van der Waals surface area contributed by atoms with Gasteiger partial charge < -0.3 is 4.52 Å². The summed E-state index contributed by atoms with van der Waals surface area (Å²) in [6.07, 6.45) is 0. The molecule has 1 aromatic heterocycles. The fourth-order valence-corrected chi connectivity index (χ4v) is 3.98. The van der Waals surface area contributed by atoms with Gasteiger partial charge in [-0.05, 0) is 36.6 Å². The van der Waals surface area contributed by atoms with Crippen LogP contribution in [0.15, 0.2) is 63.4 Å². The molecule has 0 spiro atoms. The van der Waals surface area contributed by atoms with Crippen LogP contribution in [0.3, 0.4) is 0 Å². The summed E-state index contributed by atoms with van der Waals surface area (Å²) in [4.78, 5) is 31.7. The Morgan fingerprint density at radius 2 is 1.84 bits per heavy atom. The number of fused-ring (bicyclic) bond motifs is 1. The van der Waals surface area contributed by atoms with Crippen molar-refractivity contribution in [1.82, 2.24) is 15.1 Å². The number of hydrogen-bond acceptors (Lipinski definition) is 8. The maximum absolute atomic E-state index is 13.2. The summed E-state index contributed by atoms with van der Waals surface area (Å²) in [5.41, 5.74) is 3.59. The first kappa shape index (κ1) is 20.0. The molecule has 2 aliphatic rings. The number of aromatic nitrogens is 2. The number of amides is 2. The Balaban J connectivity index is 1.35. The zero-order valence-corrected chi connectivity index (χ0v) is 18.0. The molecule has 2 amide bonds. The third-order valence-electron chi connectivity index (χ3n) is 5.72. The molecule has 3 aromatic rings. The van der Waals surface area contributed by atoms with Gasteiger partial charge in [0.15, 0.2) is 12.1 Å². The van der Waals surface area contributed by atoms with Crippen LogP contribution in [0.1, 0.15) is 36.8 Å². The standard InChI is InChI=1S/C23H22N6O3/c1-13(2)15-7-9-17(10-8-15)29-22(30)19-20(23(29)31)28(27-25-19)12-18-24-21(26-32-18)16-6-4-5-14(3)11-16/h4-11,13,19-20H,12H2,1-3H3/t19-,20+/m0/s1. The van der Waals surface area contributed by atoms with Gasteiger partial charge >= 0.3 is 0 Å². The molecule has 3 heterocycles. The molecule has 0 N–H and O–H groups in total. The summed E-state index contributed by atoms with van der Waals surface area (Å²) >= 11 is 0. The highest BCUT2D eigenvalue weighted by Crippen LogP contribution is 2.33. The smallest absolute Gasteiger partial charge is 0.263 e. The van der Waals surface area contributed by atoms with Crippen LogP contribution in [0.5, 0.6) is 0 Å². The summed E-state index contributed by atoms with van der Waals surface area (Å²) in [5.74, 6) is 0.366. The van der Waals surface area contributed by atoms with Gasteiger partial charge in [0.1, 0.15) is 6.54 Å². The molecule has 162 valence electrons. The minimum Gasteiger partial charge on any atom is -0.337 e. The van der Waals surface area contributed by atoms with E-state index >= 15 is 0 Å². The molecule has 1 saturated heterocycles. The van der Waals surface area contributed by atoms with E-state index in [0.29, 0.717) is 23.3 Å². The molecule has 2 aromatic carbocycles. The molecule has 1 fully saturated rings. The maximum Gasteiger partial charge on any atom is 0.263 e. The molecule has 2 aliphatic heterocycles. The number of aryl methyl sites for hydroxylation is 1. The van der Waals surface area contributed by atoms with E-state index in [4.69, 9.17) is 4.52 Å². The Morgan fingerprint density at radius 1 is 1.06 bits per heavy atom. The van der Waals surface area contributed by atoms with E-state index in [1.807, 2.05) is 43.3 Å². The van der Waals surface area contributed by atoms with Crippen molar-refractivity contribution in [1.29, 1.82) is 0 Å². The third kappa shape index (κ3) is 3.35. The van der Waals surface area contributed by atoms with Gasteiger partial charge in [-0.2, -0.15) is 10.1 Å². The minimum atomic E-state index is -0.869. The van der Waals surface area contributed by atoms with E-state index in [1.165, 1.54) is 9.91 Å². The second kappa shape index (κ2) is 7.67. The number of rotatable bonds is 5. The number of imide groups is 1. The highest BCUT2D eigenvalue weighted by atomic mass is 16.5. The van der Waals surface area contributed by atoms with Crippen LogP contribution in [-0.2, 0) is 16.1 Å². The van der Waals surface area contributed by atoms with Crippen molar-refractivity contribution in [2.75, 3.05) is 4.90 Å². The van der Waals surface area contributed by atoms with Gasteiger partial charge in [0, 0.05) is 5.56 Å². The molecule has 0 aliphatic carbocycles. The summed E-state index contributed by atoms with van der Waals surface area (Å²) in [6.45, 7) is 6.25. The van der Waals surface area contributed by atoms with Crippen LogP contribution >= 0.6 is 0 Å². The van der Waals surface area contributed by atoms with E-state index in [2.05, 4.69) is 34.3 Å². The zero-order valence-electron chi connectivity index (χ0n) is 18.0. The number of anilines is 1. The molecule has 0 bridgehead atoms. The molecule has 0 saturated carbocycles. The number of carbonyl (C=O) groups is 2. The van der Waals surface area contributed by atoms with Crippen molar-refractivity contribution in [2.24, 2.45) is 10.3 Å². The summed E-state index contributed by atoms with van der Waals surface area (Å²) in [7, 11) is 0. The number of nitrogens with zero attached hydrogens (tertiary/aromatic N) is 6. The van der Waals surface area contributed by atoms with Crippen molar-refractivity contribution >= 4 is 17.5 Å². The molecule has 2 atom stereocenters. The summed E-state index contributed by atoms with van der Waals surface area (Å²) < 4.78 is 5.36. The maximum atomic E-state index is 13.2. The molecule has 5 rings (SSSR count). The van der Waals surface area contributed by atoms with E-state index in [-0.39, 0.29) is 18.4 Å². The van der Waals surface area contributed by atoms with Gasteiger partial charge in [0.05, 0.1) is 5.69 Å². The van der Waals surface area contributed by atoms with Gasteiger partial charge in [-0.1, -0.05) is 60.1 Å². The second-order valence-corrected chi connectivity index (χ2v) is 8.33. The summed E-state index contributed by atoms with van der Waals surface area (Å²) in [6, 6.07) is 13.5. The van der Waals surface area contributed by atoms with E-state index in [9.17, 15) is 9.59 Å². The minimum absolute atomic E-state index is 0.0859. The van der Waals surface area contributed by atoms with E-state index < -0.39 is 12.1 Å². The predicted molar refractivity (Wildman–Crippen MR) is 115 cm³/mol. The predicted octanol–water partition coefficient (Wildman–Crippen LogP) is 3.66. The third-order valence-corrected chi connectivity index (χ3v) is 5.72. The first-order valence-corrected chi connectivity index (χ1v) is 10.5.